The van der Waals surface area contributed by atoms with Crippen molar-refractivity contribution in [2.75, 3.05) is 79.0 Å². The summed E-state index contributed by atoms with van der Waals surface area (Å²) in [6, 6.07) is 15.6. The van der Waals surface area contributed by atoms with Crippen molar-refractivity contribution in [1.82, 2.24) is 29.7 Å². The molecule has 137 heavy (non-hydrogen) atoms. The van der Waals surface area contributed by atoms with Gasteiger partial charge in [-0.3, -0.25) is 39.1 Å². The van der Waals surface area contributed by atoms with E-state index in [1.165, 1.54) is 101 Å². The second-order valence-corrected chi connectivity index (χ2v) is 39.6. The molecule has 56 heteroatoms. The standard InChI is InChI=1S/C41H41N9O14S4.C26H23N3O12S4.C14H19N7O3/c1-2-30-31(62-20-47-49-45)18-32(63-30)50-19-22(38(44)48-41(50)55)5-3-4-6-23(51)13-15-65-66-16-14-46-39(52)21-7-8-24(27(17-21)40(53)54)33-25-9-11-28(42)36(67(56,57)58)34(25)64-35-26(33)10-12-29(43)37(35)68(59,60)61;27-17-5-3-14-20(15-4-6-18(28)24(45(38,39)40)22(15)41-21(14)23(17)44(35,36)37)13-2-1-12(11-16(13)26(33)34)25(32)29-8-10-43-42-9-7-19(30)31;1-2-10-11(23-8-18-20-17)6-12(24-10)21-7-9(4-3-5-15)13(16)19-14(21)22/h7-12,17,19,30-32,42H,2,4,6,13-16,18,20,43H2,1H3,(H,46,52)(H,53,54)(H2,44,48,55)(H,56,57,58)(H,59,60,61);1-6,11,27H,7-10,28H2,(H,29,32)(H,30,31)(H,33,34)(H,35,36,37)(H,38,39,40);7,10-12H,2,5-6,8,15H2,1H3,(H2,16,19,22)/p-4. The third-order valence-corrected chi connectivity index (χ3v) is 28.6. The first-order valence-electron chi connectivity index (χ1n) is 40.0. The van der Waals surface area contributed by atoms with Crippen LogP contribution in [0.25, 0.3) is 87.7 Å². The molecule has 2 aliphatic carbocycles. The van der Waals surface area contributed by atoms with Gasteiger partial charge < -0.3 is 101 Å². The van der Waals surface area contributed by atoms with Crippen molar-refractivity contribution >= 4 is 164 Å². The molecule has 0 radical (unpaired) electrons. The van der Waals surface area contributed by atoms with Crippen molar-refractivity contribution in [1.29, 1.82) is 10.8 Å². The first-order valence-corrected chi connectivity index (χ1v) is 50.6. The van der Waals surface area contributed by atoms with Crippen molar-refractivity contribution in [3.8, 4) is 68.6 Å². The fourth-order valence-electron chi connectivity index (χ4n) is 14.2. The summed E-state index contributed by atoms with van der Waals surface area (Å²) >= 11 is 0. The van der Waals surface area contributed by atoms with Gasteiger partial charge in [-0.25, -0.2) is 52.8 Å². The average Bonchev–Trinajstić information content (AvgIpc) is 1.31. The van der Waals surface area contributed by atoms with E-state index in [0.29, 0.717) is 54.3 Å². The number of anilines is 4. The molecule has 6 unspecified atom stereocenters. The summed E-state index contributed by atoms with van der Waals surface area (Å²) in [5.41, 5.74) is 39.8. The van der Waals surface area contributed by atoms with Crippen molar-refractivity contribution in [3.05, 3.63) is 183 Å². The normalized spacial score (nSPS) is 15.8. The number of carbonyl (C=O) groups is 6. The van der Waals surface area contributed by atoms with E-state index in [4.69, 9.17) is 83.4 Å². The molecule has 6 atom stereocenters. The molecular weight excluding hydrogens is 1960 g/mol. The van der Waals surface area contributed by atoms with E-state index in [9.17, 15) is 100 Å². The van der Waals surface area contributed by atoms with E-state index in [1.807, 2.05) is 13.8 Å². The minimum Gasteiger partial charge on any atom is -0.744 e. The number of amides is 2. The number of benzene rings is 6. The smallest absolute Gasteiger partial charge is 0.351 e. The van der Waals surface area contributed by atoms with Crippen LogP contribution in [0.4, 0.5) is 23.0 Å². The molecule has 2 saturated heterocycles. The number of hydrogen-bond donors (Lipinski definition) is 12. The average molecular weight is 2040 g/mol. The maximum atomic E-state index is 13.2. The summed E-state index contributed by atoms with van der Waals surface area (Å²) in [5.74, 6) is 5.78. The molecule has 6 aliphatic rings. The van der Waals surface area contributed by atoms with Crippen LogP contribution in [0.1, 0.15) is 130 Å². The number of aliphatic carboxylic acids is 1. The summed E-state index contributed by atoms with van der Waals surface area (Å²) in [5, 5.41) is 55.2. The number of nitrogen functional groups attached to an aromatic ring is 4. The number of Topliss-reactive ketones (excluding diaryl/α,β-unsaturated/α-hetero) is 1. The molecule has 6 heterocycles. The lowest BCUT2D eigenvalue weighted by atomic mass is 9.89. The SMILES string of the molecule is CCC1OC(n2cc(C#CCCC(=O)CCSSCCNC(=O)c3ccc(-c4c5ccc(=N)c(S(=O)(=O)[O-])c-5oc5c(S(=O)(=O)[O-])c(N)ccc45)c(C(=O)O)c3)c(N)nc2=O)CC1OCN=[N+]=[N-].CCC1OC(n2cc(C#CCN)c(N)nc2=O)CC1OCN=[N+]=[N-].N=c1ccc2c(-c3ccc(C(=O)NCCSSCCC(=O)O)cc3C(=O)O)c3ccc(N)c(S(=O)(=O)[O-])c3oc-2c1S(=O)(=O)[O-]. The van der Waals surface area contributed by atoms with E-state index >= 15 is 0 Å². The van der Waals surface area contributed by atoms with Gasteiger partial charge in [-0.05, 0) is 108 Å². The van der Waals surface area contributed by atoms with Gasteiger partial charge in [-0.15, -0.1) is 0 Å². The highest BCUT2D eigenvalue weighted by atomic mass is 33.1. The van der Waals surface area contributed by atoms with Gasteiger partial charge in [0, 0.05) is 135 Å². The van der Waals surface area contributed by atoms with Crippen LogP contribution in [0.3, 0.4) is 0 Å². The van der Waals surface area contributed by atoms with Crippen LogP contribution < -0.4 is 61.4 Å². The lowest BCUT2D eigenvalue weighted by Crippen LogP contribution is -2.28. The molecule has 724 valence electrons. The number of ketones is 1. The van der Waals surface area contributed by atoms with Crippen LogP contribution in [0.15, 0.2) is 146 Å². The number of azide groups is 2. The molecule has 2 aromatic heterocycles. The summed E-state index contributed by atoms with van der Waals surface area (Å²) in [7, 11) is -16.3. The molecule has 0 spiro atoms. The quantitative estimate of drug-likeness (QED) is 0.00216. The highest BCUT2D eigenvalue weighted by Gasteiger charge is 2.39. The Morgan fingerprint density at radius 3 is 1.31 bits per heavy atom. The molecule has 48 nitrogen and oxygen atoms in total. The van der Waals surface area contributed by atoms with E-state index in [2.05, 4.69) is 64.3 Å². The van der Waals surface area contributed by atoms with Crippen LogP contribution in [-0.2, 0) is 69.0 Å². The zero-order chi connectivity index (χ0) is 100. The Labute approximate surface area is 791 Å². The highest BCUT2D eigenvalue weighted by molar-refractivity contribution is 8.77. The number of carbonyl (C=O) groups excluding carboxylic acids is 3. The van der Waals surface area contributed by atoms with Crippen LogP contribution in [0, 0.1) is 34.5 Å². The topological polar surface area (TPSA) is 824 Å². The first-order chi connectivity index (χ1) is 64.9. The number of nitrogens with two attached hydrogens (primary N) is 5. The van der Waals surface area contributed by atoms with E-state index < -0.39 is 176 Å². The number of ether oxygens (including phenoxy) is 4. The number of nitrogens with zero attached hydrogens (tertiary/aromatic N) is 10. The van der Waals surface area contributed by atoms with E-state index in [1.54, 1.807) is 0 Å². The zero-order valence-electron chi connectivity index (χ0n) is 71.3. The predicted molar refractivity (Wildman–Crippen MR) is 492 cm³/mol. The molecule has 12 rings (SSSR count). The Morgan fingerprint density at radius 1 is 0.555 bits per heavy atom. The largest absolute Gasteiger partial charge is 0.744 e. The highest BCUT2D eigenvalue weighted by Crippen LogP contribution is 2.49. The molecule has 2 amide bonds. The summed E-state index contributed by atoms with van der Waals surface area (Å²) in [6.45, 7) is 4.04. The Hall–Kier alpha value is -13.2. The molecule has 6 aromatic rings. The molecular formula is C81H79N19O29S8-4. The van der Waals surface area contributed by atoms with Crippen molar-refractivity contribution in [2.24, 2.45) is 16.0 Å². The van der Waals surface area contributed by atoms with Crippen molar-refractivity contribution < 1.29 is 124 Å². The van der Waals surface area contributed by atoms with Gasteiger partial charge in [0.25, 0.3) is 11.8 Å². The zero-order valence-corrected chi connectivity index (χ0v) is 77.8. The minimum atomic E-state index is -5.48. The van der Waals surface area contributed by atoms with Gasteiger partial charge in [0.05, 0.1) is 81.7 Å². The number of fused-ring (bicyclic) bond motifs is 4. The molecule has 4 aromatic carbocycles. The lowest BCUT2D eigenvalue weighted by Gasteiger charge is -2.22. The second-order valence-electron chi connectivity index (χ2n) is 28.9. The van der Waals surface area contributed by atoms with E-state index in [-0.39, 0.29) is 155 Å². The maximum Gasteiger partial charge on any atom is 0.351 e. The molecule has 4 aliphatic heterocycles. The number of carboxylic acids is 3. The molecule has 2 fully saturated rings. The third kappa shape index (κ3) is 26.2. The van der Waals surface area contributed by atoms with Gasteiger partial charge in [0.1, 0.15) is 103 Å². The Kier molecular flexibility index (Phi) is 36.0. The van der Waals surface area contributed by atoms with Crippen LogP contribution in [0.5, 0.6) is 0 Å². The summed E-state index contributed by atoms with van der Waals surface area (Å²) < 4.78 is 184. The molecule has 0 bridgehead atoms. The van der Waals surface area contributed by atoms with Crippen molar-refractivity contribution in [2.45, 2.75) is 122 Å². The maximum absolute atomic E-state index is 13.2. The van der Waals surface area contributed by atoms with Crippen LogP contribution in [-0.4, -0.2) is 202 Å². The fraction of sp³-hybridized carbons (Fsp3) is 0.309. The van der Waals surface area contributed by atoms with Crippen LogP contribution in [0.2, 0.25) is 0 Å². The fourth-order valence-corrected chi connectivity index (χ4v) is 20.9. The lowest BCUT2D eigenvalue weighted by molar-refractivity contribution is -0.136. The number of hydrogen-bond acceptors (Lipinski definition) is 41. The predicted octanol–water partition coefficient (Wildman–Crippen LogP) is 7.01. The number of carboxylic acid groups (broad SMARTS) is 3. The Bertz CT molecular complexity index is 7360. The summed E-state index contributed by atoms with van der Waals surface area (Å²) in [6.07, 6.45) is 3.06. The van der Waals surface area contributed by atoms with Gasteiger partial charge >= 0.3 is 29.3 Å². The number of aromatic carboxylic acids is 2. The number of rotatable bonds is 36. The number of nitrogens with one attached hydrogen (secondary N) is 4. The van der Waals surface area contributed by atoms with E-state index in [0.717, 1.165) is 48.5 Å². The van der Waals surface area contributed by atoms with Gasteiger partial charge in [0.2, 0.25) is 0 Å². The third-order valence-electron chi connectivity index (χ3n) is 20.2. The van der Waals surface area contributed by atoms with Gasteiger partial charge in [-0.2, -0.15) is 9.97 Å². The monoisotopic (exact) mass is 2040 g/mol. The second kappa shape index (κ2) is 46.6. The van der Waals surface area contributed by atoms with Gasteiger partial charge in [-0.1, -0.05) is 103 Å². The molecule has 17 N–H and O–H groups in total. The Morgan fingerprint density at radius 2 is 0.942 bits per heavy atom. The number of aromatic nitrogens is 4. The van der Waals surface area contributed by atoms with Crippen molar-refractivity contribution in [3.63, 3.8) is 0 Å². The minimum absolute atomic E-state index is 0.0197. The Balaban J connectivity index is 0.000000239. The molecule has 0 saturated carbocycles. The van der Waals surface area contributed by atoms with Gasteiger partial charge in [0.15, 0.2) is 22.7 Å². The summed E-state index contributed by atoms with van der Waals surface area (Å²) in [4.78, 5) is 107. The first kappa shape index (κ1) is 106. The van der Waals surface area contributed by atoms with Crippen LogP contribution >= 0.6 is 43.2 Å².